The van der Waals surface area contributed by atoms with E-state index in [1.54, 1.807) is 0 Å². The van der Waals surface area contributed by atoms with Crippen molar-refractivity contribution in [2.75, 3.05) is 24.0 Å². The van der Waals surface area contributed by atoms with Crippen molar-refractivity contribution in [1.82, 2.24) is 19.5 Å². The highest BCUT2D eigenvalue weighted by molar-refractivity contribution is 7.70. The summed E-state index contributed by atoms with van der Waals surface area (Å²) in [6.07, 6.45) is 4.19. The van der Waals surface area contributed by atoms with Crippen molar-refractivity contribution in [2.24, 2.45) is 5.41 Å². The monoisotopic (exact) mass is 641 g/mol. The Bertz CT molecular complexity index is 1620. The average Bonchev–Trinajstić information content (AvgIpc) is 3.46. The molecule has 1 spiro atoms. The van der Waals surface area contributed by atoms with Gasteiger partial charge in [-0.3, -0.25) is 18.2 Å². The fraction of sp³-hybridized carbons (Fsp3) is 0.480. The molecule has 6 rings (SSSR count). The molecular formula is C25H30ClN5O9P2. The molecule has 4 heterocycles. The minimum Gasteiger partial charge on any atom is -0.506 e. The van der Waals surface area contributed by atoms with Gasteiger partial charge < -0.3 is 34.5 Å². The van der Waals surface area contributed by atoms with E-state index in [4.69, 9.17) is 30.6 Å². The lowest BCUT2D eigenvalue weighted by Gasteiger charge is -2.60. The number of imidazole rings is 1. The summed E-state index contributed by atoms with van der Waals surface area (Å²) in [5.41, 5.74) is 1.91. The predicted molar refractivity (Wildman–Crippen MR) is 151 cm³/mol. The molecule has 1 saturated carbocycles. The van der Waals surface area contributed by atoms with E-state index in [2.05, 4.69) is 32.0 Å². The lowest BCUT2D eigenvalue weighted by Crippen LogP contribution is -2.60. The Hall–Kier alpha value is -2.54. The molecule has 0 radical (unpaired) electrons. The van der Waals surface area contributed by atoms with Gasteiger partial charge >= 0.3 is 15.2 Å². The van der Waals surface area contributed by atoms with Gasteiger partial charge in [0.1, 0.15) is 12.9 Å². The van der Waals surface area contributed by atoms with Crippen LogP contribution in [0.5, 0.6) is 0 Å². The molecule has 0 bridgehead atoms. The van der Waals surface area contributed by atoms with Gasteiger partial charge in [-0.1, -0.05) is 49.6 Å². The van der Waals surface area contributed by atoms with Crippen molar-refractivity contribution in [1.29, 1.82) is 0 Å². The van der Waals surface area contributed by atoms with E-state index in [-0.39, 0.29) is 28.1 Å². The topological polar surface area (TPSA) is 201 Å². The average molecular weight is 642 g/mol. The normalized spacial score (nSPS) is 25.5. The SMILES string of the molecule is O=P(O)(O)CP(=O)(O)OCC1=C(O)C(O)[C@H](n2cnc3c(N4CC5(CCCCC5)C4c4ccccc4)nc(Cl)nc32)O1. The third kappa shape index (κ3) is 5.46. The molecule has 3 aromatic rings. The maximum atomic E-state index is 12.0. The van der Waals surface area contributed by atoms with Crippen molar-refractivity contribution in [3.8, 4) is 0 Å². The first kappa shape index (κ1) is 29.5. The number of benzene rings is 1. The van der Waals surface area contributed by atoms with E-state index in [0.717, 1.165) is 32.2 Å². The van der Waals surface area contributed by atoms with E-state index in [1.807, 2.05) is 18.2 Å². The van der Waals surface area contributed by atoms with E-state index < -0.39 is 45.8 Å². The molecule has 42 heavy (non-hydrogen) atoms. The van der Waals surface area contributed by atoms with E-state index in [0.29, 0.717) is 11.3 Å². The molecule has 2 fully saturated rings. The van der Waals surface area contributed by atoms with Crippen LogP contribution >= 0.6 is 26.8 Å². The zero-order valence-electron chi connectivity index (χ0n) is 22.2. The number of fused-ring (bicyclic) bond motifs is 1. The van der Waals surface area contributed by atoms with Crippen molar-refractivity contribution >= 4 is 43.8 Å². The molecule has 14 nitrogen and oxygen atoms in total. The number of hydrogen-bond acceptors (Lipinski definition) is 10. The van der Waals surface area contributed by atoms with Crippen LogP contribution in [0, 0.1) is 5.41 Å². The Morgan fingerprint density at radius 2 is 1.81 bits per heavy atom. The maximum Gasteiger partial charge on any atom is 0.340 e. The number of aliphatic hydroxyl groups is 2. The maximum absolute atomic E-state index is 12.0. The highest BCUT2D eigenvalue weighted by Gasteiger charge is 2.54. The smallest absolute Gasteiger partial charge is 0.340 e. The summed E-state index contributed by atoms with van der Waals surface area (Å²) < 4.78 is 34.9. The number of halogens is 1. The van der Waals surface area contributed by atoms with Crippen molar-refractivity contribution in [2.45, 2.75) is 50.5 Å². The lowest BCUT2D eigenvalue weighted by atomic mass is 9.61. The third-order valence-electron chi connectivity index (χ3n) is 8.12. The first-order chi connectivity index (χ1) is 19.9. The van der Waals surface area contributed by atoms with Crippen LogP contribution in [0.1, 0.15) is 49.9 Å². The Morgan fingerprint density at radius 3 is 2.50 bits per heavy atom. The van der Waals surface area contributed by atoms with Gasteiger partial charge in [-0.25, -0.2) is 4.98 Å². The number of ether oxygens (including phenoxy) is 1. The van der Waals surface area contributed by atoms with Gasteiger partial charge in [-0.05, 0) is 30.0 Å². The first-order valence-corrected chi connectivity index (χ1v) is 17.3. The zero-order chi connectivity index (χ0) is 29.9. The summed E-state index contributed by atoms with van der Waals surface area (Å²) in [7, 11) is -9.59. The number of rotatable bonds is 8. The fourth-order valence-electron chi connectivity index (χ4n) is 6.37. The molecule has 1 saturated heterocycles. The lowest BCUT2D eigenvalue weighted by molar-refractivity contribution is -0.0112. The van der Waals surface area contributed by atoms with E-state index in [9.17, 15) is 24.2 Å². The molecule has 2 aliphatic heterocycles. The highest BCUT2D eigenvalue weighted by Crippen LogP contribution is 2.59. The van der Waals surface area contributed by atoms with Crippen LogP contribution in [0.25, 0.3) is 11.2 Å². The summed E-state index contributed by atoms with van der Waals surface area (Å²) >= 11 is 6.41. The summed E-state index contributed by atoms with van der Waals surface area (Å²) in [5, 5.41) is 21.2. The first-order valence-electron chi connectivity index (χ1n) is 13.4. The molecule has 2 aromatic heterocycles. The molecule has 5 N–H and O–H groups in total. The van der Waals surface area contributed by atoms with Gasteiger partial charge in [0.25, 0.3) is 0 Å². The van der Waals surface area contributed by atoms with Crippen LogP contribution < -0.4 is 4.90 Å². The van der Waals surface area contributed by atoms with Gasteiger partial charge in [0.2, 0.25) is 11.5 Å². The summed E-state index contributed by atoms with van der Waals surface area (Å²) in [6, 6.07) is 10.3. The molecule has 17 heteroatoms. The number of aliphatic hydroxyl groups excluding tert-OH is 2. The van der Waals surface area contributed by atoms with Crippen molar-refractivity contribution < 1.29 is 43.3 Å². The van der Waals surface area contributed by atoms with Gasteiger partial charge in [-0.15, -0.1) is 0 Å². The number of aromatic nitrogens is 4. The fourth-order valence-corrected chi connectivity index (χ4v) is 9.04. The van der Waals surface area contributed by atoms with Gasteiger partial charge in [0.15, 0.2) is 40.5 Å². The predicted octanol–water partition coefficient (Wildman–Crippen LogP) is 3.99. The van der Waals surface area contributed by atoms with E-state index in [1.165, 1.54) is 22.9 Å². The third-order valence-corrected chi connectivity index (χ3v) is 11.7. The van der Waals surface area contributed by atoms with Gasteiger partial charge in [-0.2, -0.15) is 9.97 Å². The summed E-state index contributed by atoms with van der Waals surface area (Å²) in [5.74, 6) is -1.95. The summed E-state index contributed by atoms with van der Waals surface area (Å²) in [4.78, 5) is 43.3. The minimum atomic E-state index is -4.86. The molecule has 3 unspecified atom stereocenters. The zero-order valence-corrected chi connectivity index (χ0v) is 24.8. The Labute approximate surface area is 245 Å². The van der Waals surface area contributed by atoms with Crippen LogP contribution in [-0.4, -0.2) is 69.6 Å². The molecule has 1 aliphatic carbocycles. The minimum absolute atomic E-state index is 0.0532. The Kier molecular flexibility index (Phi) is 7.64. The molecule has 226 valence electrons. The van der Waals surface area contributed by atoms with Crippen LogP contribution in [0.15, 0.2) is 48.2 Å². The Balaban J connectivity index is 1.29. The van der Waals surface area contributed by atoms with Gasteiger partial charge in [0, 0.05) is 12.0 Å². The van der Waals surface area contributed by atoms with Crippen molar-refractivity contribution in [3.63, 3.8) is 0 Å². The van der Waals surface area contributed by atoms with E-state index >= 15 is 0 Å². The number of nitrogens with zero attached hydrogens (tertiary/aromatic N) is 5. The number of anilines is 1. The van der Waals surface area contributed by atoms with Crippen LogP contribution in [0.2, 0.25) is 5.28 Å². The second-order valence-corrected chi connectivity index (χ2v) is 15.3. The largest absolute Gasteiger partial charge is 0.506 e. The Morgan fingerprint density at radius 1 is 1.10 bits per heavy atom. The summed E-state index contributed by atoms with van der Waals surface area (Å²) in [6.45, 7) is -0.0561. The highest BCUT2D eigenvalue weighted by atomic mass is 35.5. The van der Waals surface area contributed by atoms with Crippen molar-refractivity contribution in [3.05, 3.63) is 59.0 Å². The molecule has 4 atom stereocenters. The standard InChI is InChI=1S/C25H30ClN5O9P2/c26-24-28-21(30-12-25(9-5-2-6-10-25)20(30)15-7-3-1-4-8-15)17-22(29-24)31(13-27-17)23-19(33)18(32)16(40-23)11-39-42(37,38)14-41(34,35)36/h1,3-4,7-8,13,19-20,23,32-33H,2,5-6,9-12,14H2,(H,37,38)(H2,34,35,36)/t19?,20?,23-/m1/s1. The number of hydrogen-bond donors (Lipinski definition) is 5. The van der Waals surface area contributed by atoms with Crippen LogP contribution in [0.4, 0.5) is 5.82 Å². The molecule has 3 aliphatic rings. The second-order valence-electron chi connectivity index (χ2n) is 11.0. The van der Waals surface area contributed by atoms with Gasteiger partial charge in [0.05, 0.1) is 6.04 Å². The molecular weight excluding hydrogens is 612 g/mol. The molecule has 1 aromatic carbocycles. The molecule has 0 amide bonds. The van der Waals surface area contributed by atoms with Crippen LogP contribution in [-0.2, 0) is 18.4 Å². The van der Waals surface area contributed by atoms with Crippen LogP contribution in [0.3, 0.4) is 0 Å². The second kappa shape index (κ2) is 10.9. The quantitative estimate of drug-likeness (QED) is 0.175.